The van der Waals surface area contributed by atoms with E-state index in [1.165, 1.54) is 77.0 Å². The number of rotatable bonds is 18. The Morgan fingerprint density at radius 1 is 0.692 bits per heavy atom. The Bertz CT molecular complexity index is 303. The number of nitrogens with one attached hydrogen (secondary N) is 1. The molecule has 0 aromatic rings. The van der Waals surface area contributed by atoms with Gasteiger partial charge < -0.3 is 33.8 Å². The molecule has 4 heteroatoms. The highest BCUT2D eigenvalue weighted by Crippen LogP contribution is 2.12. The summed E-state index contributed by atoms with van der Waals surface area (Å²) in [6.45, 7) is 4.21. The molecule has 0 aliphatic heterocycles. The van der Waals surface area contributed by atoms with Gasteiger partial charge in [0.05, 0.1) is 27.7 Å². The summed E-state index contributed by atoms with van der Waals surface area (Å²) in [5, 5.41) is 3.05. The molecule has 0 atom stereocenters. The standard InChI is InChI=1S/C22H46N2O.HI/c1-5-6-7-8-9-10-11-12-13-14-15-16-17-19-22(25)23-20-18-21-24(2,3)4;/h5-21H2,1-4H3;1H. The summed E-state index contributed by atoms with van der Waals surface area (Å²) in [7, 11) is 6.57. The van der Waals surface area contributed by atoms with E-state index in [0.29, 0.717) is 6.42 Å². The van der Waals surface area contributed by atoms with Gasteiger partial charge in [0.1, 0.15) is 0 Å². The third-order valence-corrected chi connectivity index (χ3v) is 4.84. The highest BCUT2D eigenvalue weighted by molar-refractivity contribution is 5.75. The van der Waals surface area contributed by atoms with Gasteiger partial charge >= 0.3 is 0 Å². The van der Waals surface area contributed by atoms with Crippen molar-refractivity contribution in [1.29, 1.82) is 0 Å². The van der Waals surface area contributed by atoms with Gasteiger partial charge in [-0.1, -0.05) is 84.0 Å². The van der Waals surface area contributed by atoms with Crippen molar-refractivity contribution in [2.75, 3.05) is 34.2 Å². The Morgan fingerprint density at radius 3 is 1.54 bits per heavy atom. The van der Waals surface area contributed by atoms with Crippen LogP contribution in [0.3, 0.4) is 0 Å². The average Bonchev–Trinajstić information content (AvgIpc) is 2.55. The molecule has 0 spiro atoms. The molecule has 1 amide bonds. The SMILES string of the molecule is CCCCCCCCCCCCCCCC(=O)NCCC[N+](C)(C)C.[I-]. The van der Waals surface area contributed by atoms with Gasteiger partial charge in [0.25, 0.3) is 0 Å². The zero-order valence-electron chi connectivity index (χ0n) is 18.3. The number of nitrogens with zero attached hydrogens (tertiary/aromatic N) is 1. The van der Waals surface area contributed by atoms with Crippen LogP contribution in [0.1, 0.15) is 103 Å². The van der Waals surface area contributed by atoms with Crippen molar-refractivity contribution in [2.24, 2.45) is 0 Å². The fourth-order valence-corrected chi connectivity index (χ4v) is 3.17. The first-order valence-electron chi connectivity index (χ1n) is 11.0. The minimum atomic E-state index is 0. The summed E-state index contributed by atoms with van der Waals surface area (Å²) in [5.41, 5.74) is 0. The van der Waals surface area contributed by atoms with Gasteiger partial charge in [-0.25, -0.2) is 0 Å². The number of carbonyl (C=O) groups is 1. The van der Waals surface area contributed by atoms with Crippen molar-refractivity contribution in [3.63, 3.8) is 0 Å². The number of halogens is 1. The summed E-state index contributed by atoms with van der Waals surface area (Å²) in [6.07, 6.45) is 19.4. The predicted molar refractivity (Wildman–Crippen MR) is 111 cm³/mol. The van der Waals surface area contributed by atoms with Crippen LogP contribution in [0.4, 0.5) is 0 Å². The molecule has 0 aromatic heterocycles. The molecule has 0 rings (SSSR count). The van der Waals surface area contributed by atoms with Crippen LogP contribution in [0.25, 0.3) is 0 Å². The van der Waals surface area contributed by atoms with E-state index in [9.17, 15) is 4.79 Å². The maximum atomic E-state index is 11.8. The topological polar surface area (TPSA) is 29.1 Å². The summed E-state index contributed by atoms with van der Waals surface area (Å²) in [5.74, 6) is 0.240. The average molecular weight is 483 g/mol. The fourth-order valence-electron chi connectivity index (χ4n) is 3.17. The molecular weight excluding hydrogens is 435 g/mol. The van der Waals surface area contributed by atoms with Crippen molar-refractivity contribution in [3.05, 3.63) is 0 Å². The van der Waals surface area contributed by atoms with E-state index in [1.54, 1.807) is 0 Å². The van der Waals surface area contributed by atoms with Crippen LogP contribution in [-0.4, -0.2) is 44.6 Å². The lowest BCUT2D eigenvalue weighted by Gasteiger charge is -2.23. The molecule has 0 fully saturated rings. The maximum Gasteiger partial charge on any atom is 0.219 e. The molecular formula is C22H47IN2O. The largest absolute Gasteiger partial charge is 1.00 e. The van der Waals surface area contributed by atoms with Crippen LogP contribution in [0.2, 0.25) is 0 Å². The number of hydrogen-bond acceptors (Lipinski definition) is 1. The Labute approximate surface area is 181 Å². The van der Waals surface area contributed by atoms with Crippen LogP contribution >= 0.6 is 0 Å². The lowest BCUT2D eigenvalue weighted by atomic mass is 10.0. The van der Waals surface area contributed by atoms with Gasteiger partial charge in [-0.15, -0.1) is 0 Å². The van der Waals surface area contributed by atoms with Crippen LogP contribution < -0.4 is 29.3 Å². The minimum Gasteiger partial charge on any atom is -1.00 e. The summed E-state index contributed by atoms with van der Waals surface area (Å²) >= 11 is 0. The van der Waals surface area contributed by atoms with E-state index in [4.69, 9.17) is 0 Å². The molecule has 0 aromatic carbocycles. The highest BCUT2D eigenvalue weighted by atomic mass is 127. The molecule has 0 saturated heterocycles. The molecule has 0 saturated carbocycles. The van der Waals surface area contributed by atoms with Gasteiger partial charge in [-0.2, -0.15) is 0 Å². The van der Waals surface area contributed by atoms with Crippen molar-refractivity contribution < 1.29 is 33.3 Å². The molecule has 0 unspecified atom stereocenters. The predicted octanol–water partition coefficient (Wildman–Crippen LogP) is 2.68. The zero-order chi connectivity index (χ0) is 18.8. The molecule has 0 heterocycles. The Hall–Kier alpha value is 0.160. The molecule has 0 aliphatic carbocycles. The Balaban J connectivity index is 0. The second kappa shape index (κ2) is 19.9. The first-order chi connectivity index (χ1) is 12.0. The first-order valence-corrected chi connectivity index (χ1v) is 11.0. The lowest BCUT2D eigenvalue weighted by Crippen LogP contribution is -3.00. The summed E-state index contributed by atoms with van der Waals surface area (Å²) in [4.78, 5) is 11.8. The Kier molecular flexibility index (Phi) is 21.7. The number of carbonyl (C=O) groups excluding carboxylic acids is 1. The molecule has 3 nitrogen and oxygen atoms in total. The number of amides is 1. The molecule has 158 valence electrons. The molecule has 0 radical (unpaired) electrons. The third kappa shape index (κ3) is 24.2. The van der Waals surface area contributed by atoms with Crippen LogP contribution in [0.5, 0.6) is 0 Å². The van der Waals surface area contributed by atoms with Gasteiger partial charge in [-0.3, -0.25) is 4.79 Å². The van der Waals surface area contributed by atoms with Gasteiger partial charge in [0, 0.05) is 19.4 Å². The van der Waals surface area contributed by atoms with E-state index in [2.05, 4.69) is 33.4 Å². The van der Waals surface area contributed by atoms with E-state index < -0.39 is 0 Å². The molecule has 0 aliphatic rings. The number of hydrogen-bond donors (Lipinski definition) is 1. The quantitative estimate of drug-likeness (QED) is 0.182. The third-order valence-electron chi connectivity index (χ3n) is 4.84. The van der Waals surface area contributed by atoms with Gasteiger partial charge in [-0.05, 0) is 6.42 Å². The Morgan fingerprint density at radius 2 is 1.12 bits per heavy atom. The van der Waals surface area contributed by atoms with E-state index in [1.807, 2.05) is 0 Å². The van der Waals surface area contributed by atoms with Crippen LogP contribution in [-0.2, 0) is 4.79 Å². The number of unbranched alkanes of at least 4 members (excludes halogenated alkanes) is 12. The van der Waals surface area contributed by atoms with E-state index in [0.717, 1.165) is 30.4 Å². The van der Waals surface area contributed by atoms with Crippen molar-refractivity contribution in [1.82, 2.24) is 5.32 Å². The second-order valence-electron chi connectivity index (χ2n) is 8.71. The summed E-state index contributed by atoms with van der Waals surface area (Å²) < 4.78 is 0.967. The van der Waals surface area contributed by atoms with E-state index in [-0.39, 0.29) is 29.9 Å². The monoisotopic (exact) mass is 482 g/mol. The van der Waals surface area contributed by atoms with Crippen LogP contribution in [0.15, 0.2) is 0 Å². The maximum absolute atomic E-state index is 11.8. The minimum absolute atomic E-state index is 0. The summed E-state index contributed by atoms with van der Waals surface area (Å²) in [6, 6.07) is 0. The molecule has 26 heavy (non-hydrogen) atoms. The second-order valence-corrected chi connectivity index (χ2v) is 8.71. The molecule has 0 bridgehead atoms. The van der Waals surface area contributed by atoms with Gasteiger partial charge in [0.2, 0.25) is 5.91 Å². The van der Waals surface area contributed by atoms with Crippen molar-refractivity contribution >= 4 is 5.91 Å². The smallest absolute Gasteiger partial charge is 0.219 e. The zero-order valence-corrected chi connectivity index (χ0v) is 20.4. The van der Waals surface area contributed by atoms with Crippen molar-refractivity contribution in [2.45, 2.75) is 103 Å². The lowest BCUT2D eigenvalue weighted by molar-refractivity contribution is -0.870. The van der Waals surface area contributed by atoms with Gasteiger partial charge in [0.15, 0.2) is 0 Å². The fraction of sp³-hybridized carbons (Fsp3) is 0.955. The van der Waals surface area contributed by atoms with Crippen LogP contribution in [0, 0.1) is 0 Å². The first kappa shape index (κ1) is 28.4. The van der Waals surface area contributed by atoms with Crippen molar-refractivity contribution in [3.8, 4) is 0 Å². The highest BCUT2D eigenvalue weighted by Gasteiger charge is 2.06. The number of quaternary nitrogens is 1. The van der Waals surface area contributed by atoms with E-state index >= 15 is 0 Å². The normalized spacial score (nSPS) is 11.2. The molecule has 1 N–H and O–H groups in total.